The molecule has 1 aromatic rings. The number of nitrogens with zero attached hydrogens (tertiary/aromatic N) is 2. The molecule has 1 aromatic heterocycles. The van der Waals surface area contributed by atoms with E-state index in [4.69, 9.17) is 9.52 Å². The van der Waals surface area contributed by atoms with E-state index in [1.54, 1.807) is 0 Å². The lowest BCUT2D eigenvalue weighted by Gasteiger charge is -2.01. The van der Waals surface area contributed by atoms with E-state index in [1.807, 2.05) is 0 Å². The number of hydrogen-bond donors (Lipinski definition) is 1. The van der Waals surface area contributed by atoms with Crippen molar-refractivity contribution in [3.63, 3.8) is 0 Å². The number of carboxylic acids is 1. The van der Waals surface area contributed by atoms with Crippen LogP contribution in [0.15, 0.2) is 4.42 Å². The van der Waals surface area contributed by atoms with Gasteiger partial charge in [-0.1, -0.05) is 6.92 Å². The fourth-order valence-corrected chi connectivity index (χ4v) is 1.56. The summed E-state index contributed by atoms with van der Waals surface area (Å²) in [5.74, 6) is 1.23. The Labute approximate surface area is 87.5 Å². The highest BCUT2D eigenvalue weighted by atomic mass is 16.4. The lowest BCUT2D eigenvalue weighted by Crippen LogP contribution is -1.97. The Morgan fingerprint density at radius 1 is 1.60 bits per heavy atom. The van der Waals surface area contributed by atoms with Crippen molar-refractivity contribution in [1.82, 2.24) is 10.2 Å². The second kappa shape index (κ2) is 4.00. The molecule has 0 radical (unpaired) electrons. The highest BCUT2D eigenvalue weighted by molar-refractivity contribution is 5.66. The minimum atomic E-state index is -0.843. The van der Waals surface area contributed by atoms with Crippen molar-refractivity contribution in [3.8, 4) is 0 Å². The zero-order chi connectivity index (χ0) is 10.8. The van der Waals surface area contributed by atoms with Crippen LogP contribution in [0.1, 0.15) is 43.9 Å². The van der Waals surface area contributed by atoms with Gasteiger partial charge in [-0.05, 0) is 18.8 Å². The standard InChI is InChI=1S/C10H14N2O3/c1-6(7-2-3-7)10-12-11-8(15-10)4-5-9(13)14/h6-7H,2-5H2,1H3,(H,13,14). The molecule has 1 fully saturated rings. The Morgan fingerprint density at radius 3 is 2.93 bits per heavy atom. The van der Waals surface area contributed by atoms with Gasteiger partial charge in [0.15, 0.2) is 0 Å². The van der Waals surface area contributed by atoms with Gasteiger partial charge >= 0.3 is 5.97 Å². The van der Waals surface area contributed by atoms with Crippen LogP contribution < -0.4 is 0 Å². The maximum atomic E-state index is 10.3. The van der Waals surface area contributed by atoms with Gasteiger partial charge < -0.3 is 9.52 Å². The number of carbonyl (C=O) groups is 1. The molecule has 0 saturated heterocycles. The van der Waals surface area contributed by atoms with E-state index in [0.717, 1.165) is 0 Å². The van der Waals surface area contributed by atoms with Gasteiger partial charge in [0.2, 0.25) is 11.8 Å². The van der Waals surface area contributed by atoms with Gasteiger partial charge in [0.05, 0.1) is 6.42 Å². The Hall–Kier alpha value is -1.39. The van der Waals surface area contributed by atoms with Crippen molar-refractivity contribution in [2.24, 2.45) is 5.92 Å². The average molecular weight is 210 g/mol. The topological polar surface area (TPSA) is 76.2 Å². The van der Waals surface area contributed by atoms with Crippen LogP contribution >= 0.6 is 0 Å². The van der Waals surface area contributed by atoms with Crippen LogP contribution in [0.2, 0.25) is 0 Å². The van der Waals surface area contributed by atoms with Crippen molar-refractivity contribution < 1.29 is 14.3 Å². The van der Waals surface area contributed by atoms with Crippen molar-refractivity contribution >= 4 is 5.97 Å². The Balaban J connectivity index is 1.93. The molecule has 15 heavy (non-hydrogen) atoms. The van der Waals surface area contributed by atoms with Crippen LogP contribution in [0, 0.1) is 5.92 Å². The molecule has 0 aromatic carbocycles. The molecule has 5 nitrogen and oxygen atoms in total. The first-order valence-electron chi connectivity index (χ1n) is 5.21. The van der Waals surface area contributed by atoms with Crippen LogP contribution in [0.5, 0.6) is 0 Å². The molecule has 2 rings (SSSR count). The number of aliphatic carboxylic acids is 1. The van der Waals surface area contributed by atoms with Crippen LogP contribution in [0.3, 0.4) is 0 Å². The lowest BCUT2D eigenvalue weighted by atomic mass is 10.1. The average Bonchev–Trinajstić information content (AvgIpc) is 2.93. The maximum absolute atomic E-state index is 10.3. The molecule has 1 heterocycles. The summed E-state index contributed by atoms with van der Waals surface area (Å²) in [6.07, 6.45) is 2.82. The normalized spacial score (nSPS) is 17.7. The third kappa shape index (κ3) is 2.55. The van der Waals surface area contributed by atoms with Gasteiger partial charge in [-0.2, -0.15) is 0 Å². The number of aryl methyl sites for hydroxylation is 1. The van der Waals surface area contributed by atoms with Crippen molar-refractivity contribution in [3.05, 3.63) is 11.8 Å². The number of carboxylic acid groups (broad SMARTS) is 1. The number of rotatable bonds is 5. The third-order valence-corrected chi connectivity index (χ3v) is 2.75. The first-order chi connectivity index (χ1) is 7.16. The minimum Gasteiger partial charge on any atom is -0.481 e. The van der Waals surface area contributed by atoms with E-state index in [2.05, 4.69) is 17.1 Å². The van der Waals surface area contributed by atoms with E-state index >= 15 is 0 Å². The molecule has 1 atom stereocenters. The summed E-state index contributed by atoms with van der Waals surface area (Å²) in [5, 5.41) is 16.3. The Bertz CT molecular complexity index is 357. The summed E-state index contributed by atoms with van der Waals surface area (Å²) >= 11 is 0. The summed E-state index contributed by atoms with van der Waals surface area (Å²) in [5.41, 5.74) is 0. The molecule has 0 bridgehead atoms. The molecule has 1 N–H and O–H groups in total. The fraction of sp³-hybridized carbons (Fsp3) is 0.700. The second-order valence-corrected chi connectivity index (χ2v) is 4.05. The SMILES string of the molecule is CC(c1nnc(CCC(=O)O)o1)C1CC1. The zero-order valence-corrected chi connectivity index (χ0v) is 8.64. The largest absolute Gasteiger partial charge is 0.481 e. The van der Waals surface area contributed by atoms with Gasteiger partial charge in [-0.15, -0.1) is 10.2 Å². The van der Waals surface area contributed by atoms with E-state index in [1.165, 1.54) is 12.8 Å². The fourth-order valence-electron chi connectivity index (χ4n) is 1.56. The van der Waals surface area contributed by atoms with Crippen molar-refractivity contribution in [1.29, 1.82) is 0 Å². The van der Waals surface area contributed by atoms with Crippen LogP contribution in [-0.2, 0) is 11.2 Å². The molecule has 0 aliphatic heterocycles. The highest BCUT2D eigenvalue weighted by Crippen LogP contribution is 2.41. The Kier molecular flexibility index (Phi) is 2.70. The summed E-state index contributed by atoms with van der Waals surface area (Å²) in [4.78, 5) is 10.3. The monoisotopic (exact) mass is 210 g/mol. The first kappa shape index (κ1) is 10.1. The molecule has 1 unspecified atom stereocenters. The summed E-state index contributed by atoms with van der Waals surface area (Å²) < 4.78 is 5.41. The molecular formula is C10H14N2O3. The van der Waals surface area contributed by atoms with Gasteiger partial charge in [-0.25, -0.2) is 0 Å². The minimum absolute atomic E-state index is 0.0411. The van der Waals surface area contributed by atoms with E-state index in [-0.39, 0.29) is 6.42 Å². The molecule has 0 spiro atoms. The van der Waals surface area contributed by atoms with Gasteiger partial charge in [0.25, 0.3) is 0 Å². The number of aromatic nitrogens is 2. The highest BCUT2D eigenvalue weighted by Gasteiger charge is 2.32. The predicted octanol–water partition coefficient (Wildman–Crippen LogP) is 1.60. The number of hydrogen-bond acceptors (Lipinski definition) is 4. The molecular weight excluding hydrogens is 196 g/mol. The first-order valence-corrected chi connectivity index (χ1v) is 5.21. The molecule has 82 valence electrons. The predicted molar refractivity (Wildman–Crippen MR) is 51.4 cm³/mol. The van der Waals surface area contributed by atoms with E-state index in [9.17, 15) is 4.79 Å². The Morgan fingerprint density at radius 2 is 2.33 bits per heavy atom. The quantitative estimate of drug-likeness (QED) is 0.798. The van der Waals surface area contributed by atoms with Crippen molar-refractivity contribution in [2.45, 2.75) is 38.5 Å². The van der Waals surface area contributed by atoms with Crippen molar-refractivity contribution in [2.75, 3.05) is 0 Å². The van der Waals surface area contributed by atoms with E-state index in [0.29, 0.717) is 30.0 Å². The molecule has 1 aliphatic carbocycles. The van der Waals surface area contributed by atoms with Gasteiger partial charge in [0, 0.05) is 12.3 Å². The molecule has 0 amide bonds. The van der Waals surface area contributed by atoms with Crippen LogP contribution in [0.25, 0.3) is 0 Å². The van der Waals surface area contributed by atoms with Gasteiger partial charge in [0.1, 0.15) is 0 Å². The second-order valence-electron chi connectivity index (χ2n) is 4.05. The van der Waals surface area contributed by atoms with E-state index < -0.39 is 5.97 Å². The molecule has 1 saturated carbocycles. The smallest absolute Gasteiger partial charge is 0.303 e. The van der Waals surface area contributed by atoms with Crippen LogP contribution in [-0.4, -0.2) is 21.3 Å². The van der Waals surface area contributed by atoms with Crippen LogP contribution in [0.4, 0.5) is 0 Å². The maximum Gasteiger partial charge on any atom is 0.303 e. The summed E-state index contributed by atoms with van der Waals surface area (Å²) in [6, 6.07) is 0. The molecule has 5 heteroatoms. The molecule has 1 aliphatic rings. The lowest BCUT2D eigenvalue weighted by molar-refractivity contribution is -0.137. The van der Waals surface area contributed by atoms with Gasteiger partial charge in [-0.3, -0.25) is 4.79 Å². The summed E-state index contributed by atoms with van der Waals surface area (Å²) in [7, 11) is 0. The summed E-state index contributed by atoms with van der Waals surface area (Å²) in [6.45, 7) is 2.08. The zero-order valence-electron chi connectivity index (χ0n) is 8.64. The third-order valence-electron chi connectivity index (χ3n) is 2.75.